The Kier molecular flexibility index (Phi) is 6.68. The maximum atomic E-state index is 12.5. The number of aliphatic carboxylic acids is 1. The highest BCUT2D eigenvalue weighted by Crippen LogP contribution is 2.18. The van der Waals surface area contributed by atoms with Crippen molar-refractivity contribution in [2.24, 2.45) is 5.10 Å². The molecule has 30 heavy (non-hydrogen) atoms. The number of para-hydroxylation sites is 1. The van der Waals surface area contributed by atoms with Crippen LogP contribution in [0.3, 0.4) is 0 Å². The Hall–Kier alpha value is -4.26. The maximum Gasteiger partial charge on any atom is 0.357 e. The molecule has 0 fully saturated rings. The molecule has 0 aliphatic heterocycles. The van der Waals surface area contributed by atoms with Crippen LogP contribution in [0.2, 0.25) is 0 Å². The topological polar surface area (TPSA) is 108 Å². The summed E-state index contributed by atoms with van der Waals surface area (Å²) in [4.78, 5) is 36.4. The molecule has 0 heterocycles. The molecule has 0 saturated heterocycles. The van der Waals surface area contributed by atoms with Crippen LogP contribution in [0.1, 0.15) is 21.5 Å². The Balaban J connectivity index is 1.80. The van der Waals surface area contributed by atoms with E-state index in [4.69, 9.17) is 0 Å². The van der Waals surface area contributed by atoms with Gasteiger partial charge in [-0.05, 0) is 23.8 Å². The molecule has 0 radical (unpaired) electrons. The first-order chi connectivity index (χ1) is 14.5. The Morgan fingerprint density at radius 2 is 1.40 bits per heavy atom. The number of rotatable bonds is 7. The van der Waals surface area contributed by atoms with Crippen LogP contribution in [0.4, 0.5) is 5.69 Å². The van der Waals surface area contributed by atoms with Crippen molar-refractivity contribution in [3.63, 3.8) is 0 Å². The number of hydrogen-bond donors (Lipinski definition) is 3. The Morgan fingerprint density at radius 3 is 2.07 bits per heavy atom. The Morgan fingerprint density at radius 1 is 0.800 bits per heavy atom. The van der Waals surface area contributed by atoms with Crippen LogP contribution in [-0.2, 0) is 16.0 Å². The summed E-state index contributed by atoms with van der Waals surface area (Å²) in [6.07, 6.45) is 0.0592. The number of carboxylic acid groups (broad SMARTS) is 1. The zero-order valence-electron chi connectivity index (χ0n) is 15.9. The smallest absolute Gasteiger partial charge is 0.357 e. The lowest BCUT2D eigenvalue weighted by atomic mass is 10.1. The number of carbonyl (C=O) groups excluding carboxylic acids is 2. The molecule has 150 valence electrons. The third-order valence-electron chi connectivity index (χ3n) is 4.17. The number of amides is 2. The van der Waals surface area contributed by atoms with Crippen LogP contribution in [0.25, 0.3) is 0 Å². The van der Waals surface area contributed by atoms with Crippen molar-refractivity contribution < 1.29 is 19.5 Å². The van der Waals surface area contributed by atoms with E-state index < -0.39 is 11.9 Å². The summed E-state index contributed by atoms with van der Waals surface area (Å²) in [6, 6.07) is 23.9. The molecule has 0 spiro atoms. The predicted octanol–water partition coefficient (Wildman–Crippen LogP) is 3.09. The SMILES string of the molecule is O=C(Cc1ccccc1)N/N=C(\C(=O)O)c1ccccc1NC(=O)c1ccccc1. The maximum absolute atomic E-state index is 12.5. The quantitative estimate of drug-likeness (QED) is 0.418. The first kappa shape index (κ1) is 20.5. The van der Waals surface area contributed by atoms with Crippen molar-refractivity contribution in [1.29, 1.82) is 0 Å². The summed E-state index contributed by atoms with van der Waals surface area (Å²) in [5, 5.41) is 16.1. The van der Waals surface area contributed by atoms with Crippen LogP contribution in [-0.4, -0.2) is 28.6 Å². The van der Waals surface area contributed by atoms with E-state index in [0.29, 0.717) is 5.56 Å². The molecule has 3 aromatic carbocycles. The Labute approximate surface area is 173 Å². The number of hydrogen-bond acceptors (Lipinski definition) is 4. The molecular weight excluding hydrogens is 382 g/mol. The number of benzene rings is 3. The molecule has 3 aromatic rings. The lowest BCUT2D eigenvalue weighted by molar-refractivity contribution is -0.129. The van der Waals surface area contributed by atoms with E-state index in [1.807, 2.05) is 6.07 Å². The lowest BCUT2D eigenvalue weighted by Gasteiger charge is -2.11. The van der Waals surface area contributed by atoms with E-state index in [1.165, 1.54) is 6.07 Å². The van der Waals surface area contributed by atoms with Crippen LogP contribution >= 0.6 is 0 Å². The van der Waals surface area contributed by atoms with Gasteiger partial charge >= 0.3 is 5.97 Å². The van der Waals surface area contributed by atoms with E-state index in [-0.39, 0.29) is 29.3 Å². The van der Waals surface area contributed by atoms with E-state index in [1.54, 1.807) is 72.8 Å². The van der Waals surface area contributed by atoms with Gasteiger partial charge in [0.25, 0.3) is 5.91 Å². The predicted molar refractivity (Wildman–Crippen MR) is 113 cm³/mol. The second kappa shape index (κ2) is 9.79. The number of carbonyl (C=O) groups is 3. The third kappa shape index (κ3) is 5.39. The zero-order chi connectivity index (χ0) is 21.3. The summed E-state index contributed by atoms with van der Waals surface area (Å²) >= 11 is 0. The molecule has 2 amide bonds. The number of nitrogens with zero attached hydrogens (tertiary/aromatic N) is 1. The minimum Gasteiger partial charge on any atom is -0.476 e. The van der Waals surface area contributed by atoms with Gasteiger partial charge in [-0.3, -0.25) is 9.59 Å². The van der Waals surface area contributed by atoms with Gasteiger partial charge in [-0.25, -0.2) is 10.2 Å². The second-order valence-electron chi connectivity index (χ2n) is 6.33. The van der Waals surface area contributed by atoms with Gasteiger partial charge in [-0.15, -0.1) is 0 Å². The first-order valence-electron chi connectivity index (χ1n) is 9.14. The minimum atomic E-state index is -1.34. The van der Waals surface area contributed by atoms with E-state index in [0.717, 1.165) is 5.56 Å². The van der Waals surface area contributed by atoms with E-state index >= 15 is 0 Å². The molecule has 0 aromatic heterocycles. The summed E-state index contributed by atoms with van der Waals surface area (Å²) in [6.45, 7) is 0. The molecular formula is C23H19N3O4. The molecule has 3 N–H and O–H groups in total. The van der Waals surface area contributed by atoms with Crippen molar-refractivity contribution in [2.75, 3.05) is 5.32 Å². The van der Waals surface area contributed by atoms with Crippen molar-refractivity contribution in [1.82, 2.24) is 5.43 Å². The molecule has 0 atom stereocenters. The van der Waals surface area contributed by atoms with Gasteiger partial charge in [-0.2, -0.15) is 5.10 Å². The van der Waals surface area contributed by atoms with Crippen molar-refractivity contribution in [3.8, 4) is 0 Å². The van der Waals surface area contributed by atoms with Gasteiger partial charge in [0.1, 0.15) is 0 Å². The normalized spacial score (nSPS) is 10.9. The van der Waals surface area contributed by atoms with Gasteiger partial charge in [0.05, 0.1) is 12.1 Å². The highest BCUT2D eigenvalue weighted by molar-refractivity contribution is 6.44. The monoisotopic (exact) mass is 401 g/mol. The highest BCUT2D eigenvalue weighted by Gasteiger charge is 2.19. The van der Waals surface area contributed by atoms with Crippen LogP contribution in [0, 0.1) is 0 Å². The number of anilines is 1. The van der Waals surface area contributed by atoms with Crippen LogP contribution in [0.5, 0.6) is 0 Å². The summed E-state index contributed by atoms with van der Waals surface area (Å²) in [5.41, 5.74) is 3.54. The fourth-order valence-electron chi connectivity index (χ4n) is 2.74. The van der Waals surface area contributed by atoms with Crippen LogP contribution < -0.4 is 10.7 Å². The first-order valence-corrected chi connectivity index (χ1v) is 9.14. The summed E-state index contributed by atoms with van der Waals surface area (Å²) in [5.74, 6) is -2.18. The second-order valence-corrected chi connectivity index (χ2v) is 6.33. The number of nitrogens with one attached hydrogen (secondary N) is 2. The summed E-state index contributed by atoms with van der Waals surface area (Å²) < 4.78 is 0. The number of carboxylic acids is 1. The molecule has 0 saturated carbocycles. The molecule has 7 heteroatoms. The average molecular weight is 401 g/mol. The average Bonchev–Trinajstić information content (AvgIpc) is 2.76. The van der Waals surface area contributed by atoms with Gasteiger partial charge in [0.15, 0.2) is 5.71 Å². The van der Waals surface area contributed by atoms with E-state index in [2.05, 4.69) is 15.8 Å². The van der Waals surface area contributed by atoms with Crippen molar-refractivity contribution >= 4 is 29.2 Å². The fraction of sp³-hybridized carbons (Fsp3) is 0.0435. The third-order valence-corrected chi connectivity index (χ3v) is 4.17. The molecule has 3 rings (SSSR count). The minimum absolute atomic E-state index is 0.0592. The fourth-order valence-corrected chi connectivity index (χ4v) is 2.74. The zero-order valence-corrected chi connectivity index (χ0v) is 15.9. The van der Waals surface area contributed by atoms with Crippen LogP contribution in [0.15, 0.2) is 90.0 Å². The molecule has 0 aliphatic rings. The largest absolute Gasteiger partial charge is 0.476 e. The van der Waals surface area contributed by atoms with Gasteiger partial charge in [0, 0.05) is 11.1 Å². The molecule has 0 aliphatic carbocycles. The van der Waals surface area contributed by atoms with Crippen molar-refractivity contribution in [3.05, 3.63) is 102 Å². The highest BCUT2D eigenvalue weighted by atomic mass is 16.4. The molecule has 0 unspecified atom stereocenters. The van der Waals surface area contributed by atoms with E-state index in [9.17, 15) is 19.5 Å². The molecule has 0 bridgehead atoms. The van der Waals surface area contributed by atoms with Crippen molar-refractivity contribution in [2.45, 2.75) is 6.42 Å². The Bertz CT molecular complexity index is 1080. The summed E-state index contributed by atoms with van der Waals surface area (Å²) in [7, 11) is 0. The van der Waals surface area contributed by atoms with Gasteiger partial charge in [-0.1, -0.05) is 66.7 Å². The van der Waals surface area contributed by atoms with Gasteiger partial charge < -0.3 is 10.4 Å². The number of hydrazone groups is 1. The standard InChI is InChI=1S/C23H19N3O4/c27-20(15-16-9-3-1-4-10-16)25-26-21(23(29)30)18-13-7-8-14-19(18)24-22(28)17-11-5-2-6-12-17/h1-14H,15H2,(H,24,28)(H,25,27)(H,29,30)/b26-21-. The van der Waals surface area contributed by atoms with Gasteiger partial charge in [0.2, 0.25) is 5.91 Å². The lowest BCUT2D eigenvalue weighted by Crippen LogP contribution is -2.26. The molecule has 7 nitrogen and oxygen atoms in total.